The molecule has 1 amide bonds. The fraction of sp³-hybridized carbons (Fsp3) is 0.609. The second-order valence-electron chi connectivity index (χ2n) is 8.69. The molecular weight excluding hydrogens is 448 g/mol. The summed E-state index contributed by atoms with van der Waals surface area (Å²) in [6.07, 6.45) is 0. The maximum absolute atomic E-state index is 13.1. The average molecular weight is 483 g/mol. The molecule has 8 heteroatoms. The Balaban J connectivity index is 1.89. The highest BCUT2D eigenvalue weighted by molar-refractivity contribution is 8.24. The van der Waals surface area contributed by atoms with Crippen molar-refractivity contribution in [2.24, 2.45) is 0 Å². The van der Waals surface area contributed by atoms with Crippen LogP contribution in [0.5, 0.6) is 0 Å². The monoisotopic (exact) mass is 482 g/mol. The molecule has 0 unspecified atom stereocenters. The smallest absolute Gasteiger partial charge is 0.238 e. The molecule has 1 aromatic carbocycles. The van der Waals surface area contributed by atoms with E-state index in [2.05, 4.69) is 4.90 Å². The minimum absolute atomic E-state index is 0.0774. The molecule has 1 aliphatic rings. The lowest BCUT2D eigenvalue weighted by Crippen LogP contribution is -2.54. The molecule has 0 atom stereocenters. The van der Waals surface area contributed by atoms with Crippen LogP contribution >= 0.6 is 35.7 Å². The van der Waals surface area contributed by atoms with E-state index in [9.17, 15) is 9.59 Å². The summed E-state index contributed by atoms with van der Waals surface area (Å²) in [6, 6.07) is 7.79. The lowest BCUT2D eigenvalue weighted by Gasteiger charge is -2.39. The van der Waals surface area contributed by atoms with Crippen molar-refractivity contribution in [3.8, 4) is 0 Å². The molecule has 172 valence electrons. The van der Waals surface area contributed by atoms with Gasteiger partial charge in [0.15, 0.2) is 5.78 Å². The van der Waals surface area contributed by atoms with Crippen LogP contribution in [0.15, 0.2) is 29.2 Å². The summed E-state index contributed by atoms with van der Waals surface area (Å²) < 4.78 is 5.63. The zero-order chi connectivity index (χ0) is 23.2. The number of hydrogen-bond donors (Lipinski definition) is 0. The first-order chi connectivity index (χ1) is 14.4. The van der Waals surface area contributed by atoms with Gasteiger partial charge in [0, 0.05) is 47.1 Å². The first-order valence-electron chi connectivity index (χ1n) is 10.5. The summed E-state index contributed by atoms with van der Waals surface area (Å²) in [6.45, 7) is 13.2. The number of carbonyl (C=O) groups is 2. The number of nitrogens with zero attached hydrogens (tertiary/aromatic N) is 2. The number of hydrogen-bond acceptors (Lipinski definition) is 7. The minimum atomic E-state index is -0.555. The summed E-state index contributed by atoms with van der Waals surface area (Å²) in [7, 11) is 1.83. The SMILES string of the molecule is CC(=S)SC(C)(C)C(=O)N(C)CCSc1ccc(C(=O)C(C)(C)N2CCOCC2)cc1. The molecule has 31 heavy (non-hydrogen) atoms. The Kier molecular flexibility index (Phi) is 9.57. The zero-order valence-corrected chi connectivity index (χ0v) is 21.8. The Morgan fingerprint density at radius 2 is 1.71 bits per heavy atom. The topological polar surface area (TPSA) is 49.9 Å². The van der Waals surface area contributed by atoms with E-state index in [-0.39, 0.29) is 11.7 Å². The number of thiocarbonyl (C=S) groups is 1. The van der Waals surface area contributed by atoms with Gasteiger partial charge < -0.3 is 9.64 Å². The van der Waals surface area contributed by atoms with Crippen molar-refractivity contribution in [2.75, 3.05) is 45.6 Å². The number of morpholine rings is 1. The second-order valence-corrected chi connectivity index (χ2v) is 12.6. The third-order valence-electron chi connectivity index (χ3n) is 5.43. The molecule has 0 spiro atoms. The van der Waals surface area contributed by atoms with E-state index in [0.29, 0.717) is 19.8 Å². The Hall–Kier alpha value is -0.930. The molecule has 1 fully saturated rings. The molecule has 1 heterocycles. The van der Waals surface area contributed by atoms with Gasteiger partial charge in [-0.15, -0.1) is 23.5 Å². The van der Waals surface area contributed by atoms with E-state index >= 15 is 0 Å². The predicted octanol–water partition coefficient (Wildman–Crippen LogP) is 4.39. The number of amides is 1. The molecule has 1 saturated heterocycles. The van der Waals surface area contributed by atoms with Crippen LogP contribution < -0.4 is 0 Å². The molecule has 5 nitrogen and oxygen atoms in total. The number of ether oxygens (including phenoxy) is 1. The standard InChI is InChI=1S/C23H34N2O3S3/c1-17(29)31-23(4,5)21(27)24(6)13-16-30-19-9-7-18(8-10-19)20(26)22(2,3)25-11-14-28-15-12-25/h7-10H,11-16H2,1-6H3. The maximum Gasteiger partial charge on any atom is 0.238 e. The van der Waals surface area contributed by atoms with Gasteiger partial charge in [0.1, 0.15) is 0 Å². The van der Waals surface area contributed by atoms with E-state index in [1.54, 1.807) is 16.7 Å². The summed E-state index contributed by atoms with van der Waals surface area (Å²) in [4.78, 5) is 30.8. The normalized spacial score (nSPS) is 15.5. The van der Waals surface area contributed by atoms with Crippen LogP contribution in [0.1, 0.15) is 45.0 Å². The highest BCUT2D eigenvalue weighted by Gasteiger charge is 2.36. The molecule has 1 aromatic rings. The highest BCUT2D eigenvalue weighted by Crippen LogP contribution is 2.28. The molecule has 0 aliphatic carbocycles. The lowest BCUT2D eigenvalue weighted by molar-refractivity contribution is -0.131. The Morgan fingerprint density at radius 1 is 1.13 bits per heavy atom. The zero-order valence-electron chi connectivity index (χ0n) is 19.4. The van der Waals surface area contributed by atoms with Crippen LogP contribution in [0.2, 0.25) is 0 Å². The van der Waals surface area contributed by atoms with Crippen molar-refractivity contribution >= 4 is 51.6 Å². The van der Waals surface area contributed by atoms with Crippen LogP contribution in [0, 0.1) is 0 Å². The van der Waals surface area contributed by atoms with Gasteiger partial charge in [-0.1, -0.05) is 24.4 Å². The van der Waals surface area contributed by atoms with Gasteiger partial charge in [0.05, 0.1) is 23.5 Å². The van der Waals surface area contributed by atoms with Crippen LogP contribution in [0.25, 0.3) is 0 Å². The fourth-order valence-corrected chi connectivity index (χ4v) is 6.10. The first kappa shape index (κ1) is 26.3. The number of thioether (sulfide) groups is 2. The summed E-state index contributed by atoms with van der Waals surface area (Å²) in [5.41, 5.74) is 0.176. The Labute approximate surface area is 200 Å². The fourth-order valence-electron chi connectivity index (χ4n) is 3.59. The quantitative estimate of drug-likeness (QED) is 0.294. The number of ketones is 1. The van der Waals surface area contributed by atoms with E-state index in [0.717, 1.165) is 33.5 Å². The summed E-state index contributed by atoms with van der Waals surface area (Å²) >= 11 is 8.26. The number of benzene rings is 1. The van der Waals surface area contributed by atoms with Gasteiger partial charge in [0.25, 0.3) is 0 Å². The number of Topliss-reactive ketones (excluding diaryl/α,β-unsaturated/α-hetero) is 1. The van der Waals surface area contributed by atoms with E-state index < -0.39 is 10.3 Å². The van der Waals surface area contributed by atoms with Gasteiger partial charge in [-0.3, -0.25) is 14.5 Å². The van der Waals surface area contributed by atoms with Crippen molar-refractivity contribution in [3.05, 3.63) is 29.8 Å². The third-order valence-corrected chi connectivity index (χ3v) is 7.64. The van der Waals surface area contributed by atoms with Gasteiger partial charge in [0.2, 0.25) is 5.91 Å². The Morgan fingerprint density at radius 3 is 2.26 bits per heavy atom. The molecular formula is C23H34N2O3S3. The van der Waals surface area contributed by atoms with E-state index in [4.69, 9.17) is 17.0 Å². The Bertz CT molecular complexity index is 788. The molecule has 0 bridgehead atoms. The van der Waals surface area contributed by atoms with Crippen molar-refractivity contribution in [2.45, 2.75) is 49.8 Å². The molecule has 0 saturated carbocycles. The van der Waals surface area contributed by atoms with E-state index in [1.165, 1.54) is 11.8 Å². The lowest BCUT2D eigenvalue weighted by atomic mass is 9.91. The molecule has 2 rings (SSSR count). The maximum atomic E-state index is 13.1. The van der Waals surface area contributed by atoms with Crippen molar-refractivity contribution in [1.29, 1.82) is 0 Å². The minimum Gasteiger partial charge on any atom is -0.379 e. The van der Waals surface area contributed by atoms with Gasteiger partial charge in [-0.25, -0.2) is 0 Å². The van der Waals surface area contributed by atoms with Gasteiger partial charge in [-0.05, 0) is 46.8 Å². The van der Waals surface area contributed by atoms with Gasteiger partial charge >= 0.3 is 0 Å². The van der Waals surface area contributed by atoms with Crippen LogP contribution in [-0.4, -0.2) is 81.6 Å². The van der Waals surface area contributed by atoms with E-state index in [1.807, 2.05) is 65.9 Å². The van der Waals surface area contributed by atoms with Crippen molar-refractivity contribution in [3.63, 3.8) is 0 Å². The largest absolute Gasteiger partial charge is 0.379 e. The van der Waals surface area contributed by atoms with Gasteiger partial charge in [-0.2, -0.15) is 0 Å². The van der Waals surface area contributed by atoms with Crippen LogP contribution in [-0.2, 0) is 9.53 Å². The highest BCUT2D eigenvalue weighted by atomic mass is 32.2. The second kappa shape index (κ2) is 11.3. The molecule has 0 radical (unpaired) electrons. The molecule has 1 aliphatic heterocycles. The molecule has 0 N–H and O–H groups in total. The number of carbonyl (C=O) groups excluding carboxylic acids is 2. The van der Waals surface area contributed by atoms with Crippen molar-refractivity contribution in [1.82, 2.24) is 9.80 Å². The van der Waals surface area contributed by atoms with Crippen molar-refractivity contribution < 1.29 is 14.3 Å². The first-order valence-corrected chi connectivity index (χ1v) is 12.7. The third kappa shape index (κ3) is 7.29. The number of rotatable bonds is 9. The summed E-state index contributed by atoms with van der Waals surface area (Å²) in [5, 5.41) is 0. The van der Waals surface area contributed by atoms with Crippen LogP contribution in [0.3, 0.4) is 0 Å². The predicted molar refractivity (Wildman–Crippen MR) is 136 cm³/mol. The van der Waals surface area contributed by atoms with Crippen LogP contribution in [0.4, 0.5) is 0 Å². The average Bonchev–Trinajstić information content (AvgIpc) is 2.72. The molecule has 0 aromatic heterocycles. The summed E-state index contributed by atoms with van der Waals surface area (Å²) in [5.74, 6) is 0.991.